The van der Waals surface area contributed by atoms with E-state index in [1.807, 2.05) is 41.5 Å². The lowest BCUT2D eigenvalue weighted by Gasteiger charge is -2.42. The minimum absolute atomic E-state index is 0.104. The second kappa shape index (κ2) is 6.81. The molecule has 3 N–H and O–H groups in total. The van der Waals surface area contributed by atoms with Crippen LogP contribution in [0, 0.1) is 0 Å². The van der Waals surface area contributed by atoms with Crippen molar-refractivity contribution in [3.05, 3.63) is 23.8 Å². The number of nitrogens with two attached hydrogens (primary N) is 1. The molecule has 7 heteroatoms. The molecule has 0 bridgehead atoms. The standard InChI is InChI=1S/C21H28N4O3/c1-13(2)25-18-5-4-15(22)10-16(18)19(20(25)27)17-11-28-21(12-23-17)6-8-24(9-7-21)14(3)26/h4-5,10,13,27H,6-9,11-12,22H2,1-3H3. The molecule has 7 nitrogen and oxygen atoms in total. The summed E-state index contributed by atoms with van der Waals surface area (Å²) in [5.41, 5.74) is 8.77. The fourth-order valence-electron chi connectivity index (χ4n) is 4.36. The number of likely N-dealkylation sites (tertiary alicyclic amines) is 1. The van der Waals surface area contributed by atoms with Gasteiger partial charge in [0.05, 0.1) is 35.5 Å². The first-order valence-corrected chi connectivity index (χ1v) is 9.87. The highest BCUT2D eigenvalue weighted by atomic mass is 16.5. The zero-order valence-corrected chi connectivity index (χ0v) is 16.7. The molecule has 1 fully saturated rings. The van der Waals surface area contributed by atoms with E-state index in [2.05, 4.69) is 0 Å². The van der Waals surface area contributed by atoms with Gasteiger partial charge in [-0.1, -0.05) is 0 Å². The van der Waals surface area contributed by atoms with Crippen molar-refractivity contribution in [3.8, 4) is 5.88 Å². The van der Waals surface area contributed by atoms with E-state index in [9.17, 15) is 9.90 Å². The Balaban J connectivity index is 1.67. The molecule has 1 spiro atoms. The van der Waals surface area contributed by atoms with E-state index in [1.54, 1.807) is 6.92 Å². The van der Waals surface area contributed by atoms with Gasteiger partial charge in [-0.2, -0.15) is 0 Å². The van der Waals surface area contributed by atoms with E-state index in [0.29, 0.717) is 37.5 Å². The lowest BCUT2D eigenvalue weighted by Crippen LogP contribution is -2.51. The molecule has 0 aliphatic carbocycles. The highest BCUT2D eigenvalue weighted by Crippen LogP contribution is 2.38. The third kappa shape index (κ3) is 3.03. The maximum Gasteiger partial charge on any atom is 0.219 e. The molecule has 0 saturated carbocycles. The van der Waals surface area contributed by atoms with E-state index in [-0.39, 0.29) is 23.4 Å². The highest BCUT2D eigenvalue weighted by molar-refractivity contribution is 6.14. The highest BCUT2D eigenvalue weighted by Gasteiger charge is 2.39. The van der Waals surface area contributed by atoms with Gasteiger partial charge in [0.25, 0.3) is 0 Å². The molecule has 1 aromatic carbocycles. The van der Waals surface area contributed by atoms with Gasteiger partial charge in [-0.05, 0) is 44.9 Å². The van der Waals surface area contributed by atoms with Crippen LogP contribution in [0.15, 0.2) is 23.2 Å². The number of amides is 1. The van der Waals surface area contributed by atoms with Crippen molar-refractivity contribution in [1.29, 1.82) is 0 Å². The second-order valence-corrected chi connectivity index (χ2v) is 8.18. The topological polar surface area (TPSA) is 93.1 Å². The van der Waals surface area contributed by atoms with Crippen molar-refractivity contribution in [1.82, 2.24) is 9.47 Å². The van der Waals surface area contributed by atoms with Crippen LogP contribution in [0.1, 0.15) is 45.2 Å². The SMILES string of the molecule is CC(=O)N1CCC2(CC1)CN=C(c1c(O)n(C(C)C)c3ccc(N)cc13)CO2. The number of nitrogens with zero attached hydrogens (tertiary/aromatic N) is 3. The molecule has 28 heavy (non-hydrogen) atoms. The van der Waals surface area contributed by atoms with E-state index in [0.717, 1.165) is 29.5 Å². The van der Waals surface area contributed by atoms with E-state index in [4.69, 9.17) is 15.5 Å². The van der Waals surface area contributed by atoms with Crippen LogP contribution in [0.3, 0.4) is 0 Å². The van der Waals surface area contributed by atoms with Crippen LogP contribution < -0.4 is 5.73 Å². The van der Waals surface area contributed by atoms with Crippen LogP contribution in [-0.2, 0) is 9.53 Å². The monoisotopic (exact) mass is 384 g/mol. The predicted octanol–water partition coefficient (Wildman–Crippen LogP) is 2.71. The minimum Gasteiger partial charge on any atom is -0.494 e. The van der Waals surface area contributed by atoms with Crippen LogP contribution in [0.2, 0.25) is 0 Å². The quantitative estimate of drug-likeness (QED) is 0.779. The number of fused-ring (bicyclic) bond motifs is 1. The largest absolute Gasteiger partial charge is 0.494 e. The fraction of sp³-hybridized carbons (Fsp3) is 0.524. The molecule has 0 radical (unpaired) electrons. The molecule has 1 aromatic heterocycles. The first kappa shape index (κ1) is 18.8. The van der Waals surface area contributed by atoms with Gasteiger partial charge in [0.1, 0.15) is 0 Å². The van der Waals surface area contributed by atoms with E-state index < -0.39 is 0 Å². The van der Waals surface area contributed by atoms with Gasteiger partial charge in [-0.25, -0.2) is 0 Å². The summed E-state index contributed by atoms with van der Waals surface area (Å²) < 4.78 is 8.19. The Kier molecular flexibility index (Phi) is 4.57. The number of ether oxygens (including phenoxy) is 1. The van der Waals surface area contributed by atoms with Crippen LogP contribution >= 0.6 is 0 Å². The molecule has 3 heterocycles. The van der Waals surface area contributed by atoms with Gasteiger partial charge in [0, 0.05) is 37.1 Å². The van der Waals surface area contributed by atoms with Gasteiger partial charge in [0.2, 0.25) is 11.8 Å². The summed E-state index contributed by atoms with van der Waals surface area (Å²) in [6.07, 6.45) is 1.58. The van der Waals surface area contributed by atoms with Crippen molar-refractivity contribution in [2.75, 3.05) is 32.0 Å². The summed E-state index contributed by atoms with van der Waals surface area (Å²) in [6, 6.07) is 5.78. The molecule has 2 aromatic rings. The molecule has 2 aliphatic heterocycles. The van der Waals surface area contributed by atoms with Gasteiger partial charge < -0.3 is 25.0 Å². The summed E-state index contributed by atoms with van der Waals surface area (Å²) >= 11 is 0. The Hall–Kier alpha value is -2.54. The maximum atomic E-state index is 11.6. The normalized spacial score (nSPS) is 19.4. The second-order valence-electron chi connectivity index (χ2n) is 8.18. The van der Waals surface area contributed by atoms with E-state index >= 15 is 0 Å². The molecule has 4 rings (SSSR count). The van der Waals surface area contributed by atoms with Crippen molar-refractivity contribution >= 4 is 28.2 Å². The Morgan fingerprint density at radius 2 is 2.04 bits per heavy atom. The van der Waals surface area contributed by atoms with Gasteiger partial charge in [-0.3, -0.25) is 9.79 Å². The van der Waals surface area contributed by atoms with Gasteiger partial charge in [-0.15, -0.1) is 0 Å². The number of piperidine rings is 1. The lowest BCUT2D eigenvalue weighted by molar-refractivity contribution is -0.134. The third-order valence-corrected chi connectivity index (χ3v) is 6.00. The summed E-state index contributed by atoms with van der Waals surface area (Å²) in [6.45, 7) is 7.98. The zero-order chi connectivity index (χ0) is 20.1. The Bertz CT molecular complexity index is 952. The molecule has 150 valence electrons. The van der Waals surface area contributed by atoms with Crippen LogP contribution in [0.25, 0.3) is 10.9 Å². The molecular formula is C21H28N4O3. The minimum atomic E-state index is -0.305. The number of carbonyl (C=O) groups is 1. The number of carbonyl (C=O) groups excluding carboxylic acids is 1. The Morgan fingerprint density at radius 3 is 2.61 bits per heavy atom. The van der Waals surface area contributed by atoms with Gasteiger partial charge >= 0.3 is 0 Å². The average Bonchev–Trinajstić information content (AvgIpc) is 2.94. The lowest BCUT2D eigenvalue weighted by atomic mass is 9.89. The number of aromatic hydroxyl groups is 1. The first-order chi connectivity index (χ1) is 13.3. The number of rotatable bonds is 2. The average molecular weight is 384 g/mol. The number of aliphatic imine (C=N–C) groups is 1. The molecule has 0 atom stereocenters. The number of benzene rings is 1. The van der Waals surface area contributed by atoms with Gasteiger partial charge in [0.15, 0.2) is 0 Å². The van der Waals surface area contributed by atoms with E-state index in [1.165, 1.54) is 0 Å². The smallest absolute Gasteiger partial charge is 0.219 e. The Labute approximate surface area is 164 Å². The third-order valence-electron chi connectivity index (χ3n) is 6.00. The number of hydrogen-bond donors (Lipinski definition) is 2. The predicted molar refractivity (Wildman–Crippen MR) is 110 cm³/mol. The fourth-order valence-corrected chi connectivity index (χ4v) is 4.36. The van der Waals surface area contributed by atoms with Crippen molar-refractivity contribution in [3.63, 3.8) is 0 Å². The van der Waals surface area contributed by atoms with Crippen LogP contribution in [-0.4, -0.2) is 58.0 Å². The number of nitrogen functional groups attached to an aromatic ring is 1. The Morgan fingerprint density at radius 1 is 1.32 bits per heavy atom. The molecule has 1 amide bonds. The summed E-state index contributed by atoms with van der Waals surface area (Å²) in [7, 11) is 0. The first-order valence-electron chi connectivity index (χ1n) is 9.87. The molecule has 1 saturated heterocycles. The maximum absolute atomic E-state index is 11.6. The van der Waals surface area contributed by atoms with Crippen LogP contribution in [0.5, 0.6) is 5.88 Å². The summed E-state index contributed by atoms with van der Waals surface area (Å²) in [4.78, 5) is 18.3. The number of aromatic nitrogens is 1. The summed E-state index contributed by atoms with van der Waals surface area (Å²) in [5.74, 6) is 0.319. The molecule has 2 aliphatic rings. The van der Waals surface area contributed by atoms with Crippen molar-refractivity contribution in [2.24, 2.45) is 4.99 Å². The molecular weight excluding hydrogens is 356 g/mol. The number of hydrogen-bond acceptors (Lipinski definition) is 5. The van der Waals surface area contributed by atoms with Crippen LogP contribution in [0.4, 0.5) is 5.69 Å². The zero-order valence-electron chi connectivity index (χ0n) is 16.7. The molecule has 0 unspecified atom stereocenters. The van der Waals surface area contributed by atoms with Crippen molar-refractivity contribution < 1.29 is 14.6 Å². The van der Waals surface area contributed by atoms with Crippen molar-refractivity contribution in [2.45, 2.75) is 45.3 Å². The summed E-state index contributed by atoms with van der Waals surface area (Å²) in [5, 5.41) is 11.9. The number of anilines is 1.